The fourth-order valence-electron chi connectivity index (χ4n) is 2.68. The Bertz CT molecular complexity index is 489. The number of benzene rings is 1. The van der Waals surface area contributed by atoms with Gasteiger partial charge in [0.15, 0.2) is 0 Å². The summed E-state index contributed by atoms with van der Waals surface area (Å²) in [6, 6.07) is 10.7. The molecular formula is C16H23N5. The van der Waals surface area contributed by atoms with E-state index in [2.05, 4.69) is 56.3 Å². The van der Waals surface area contributed by atoms with Crippen molar-refractivity contribution in [1.82, 2.24) is 21.1 Å². The fourth-order valence-corrected chi connectivity index (χ4v) is 2.68. The normalized spacial score (nSPS) is 18.7. The van der Waals surface area contributed by atoms with Crippen LogP contribution in [0.15, 0.2) is 54.5 Å². The van der Waals surface area contributed by atoms with Crippen LogP contribution >= 0.6 is 0 Å². The third kappa shape index (κ3) is 3.92. The second-order valence-corrected chi connectivity index (χ2v) is 5.31. The van der Waals surface area contributed by atoms with Crippen LogP contribution in [0.2, 0.25) is 0 Å². The van der Waals surface area contributed by atoms with Crippen molar-refractivity contribution in [3.05, 3.63) is 54.5 Å². The van der Waals surface area contributed by atoms with Gasteiger partial charge in [-0.1, -0.05) is 18.2 Å². The summed E-state index contributed by atoms with van der Waals surface area (Å²) in [7, 11) is 0. The number of hydrogen-bond acceptors (Lipinski definition) is 5. The van der Waals surface area contributed by atoms with Gasteiger partial charge >= 0.3 is 0 Å². The number of hydrogen-bond donors (Lipinski definition) is 3. The van der Waals surface area contributed by atoms with Crippen molar-refractivity contribution in [2.75, 3.05) is 44.2 Å². The van der Waals surface area contributed by atoms with E-state index in [4.69, 9.17) is 0 Å². The first-order chi connectivity index (χ1) is 10.4. The topological polar surface area (TPSA) is 42.6 Å². The zero-order chi connectivity index (χ0) is 14.3. The smallest absolute Gasteiger partial charge is 0.0534 e. The zero-order valence-electron chi connectivity index (χ0n) is 12.3. The van der Waals surface area contributed by atoms with Crippen LogP contribution in [0.1, 0.15) is 0 Å². The molecule has 0 saturated carbocycles. The number of para-hydroxylation sites is 1. The first-order valence-electron chi connectivity index (χ1n) is 7.56. The number of rotatable bonds is 5. The lowest BCUT2D eigenvalue weighted by atomic mass is 10.2. The third-order valence-electron chi connectivity index (χ3n) is 3.91. The van der Waals surface area contributed by atoms with Crippen LogP contribution in [0.3, 0.4) is 0 Å². The lowest BCUT2D eigenvalue weighted by molar-refractivity contribution is 0.260. The van der Waals surface area contributed by atoms with Gasteiger partial charge in [0.1, 0.15) is 0 Å². The van der Waals surface area contributed by atoms with Crippen LogP contribution < -0.4 is 21.1 Å². The molecular weight excluding hydrogens is 262 g/mol. The Morgan fingerprint density at radius 1 is 1.00 bits per heavy atom. The molecule has 21 heavy (non-hydrogen) atoms. The molecule has 0 aromatic heterocycles. The maximum Gasteiger partial charge on any atom is 0.0534 e. The zero-order valence-corrected chi connectivity index (χ0v) is 12.3. The summed E-state index contributed by atoms with van der Waals surface area (Å²) in [5.41, 5.74) is 8.34. The molecule has 0 bridgehead atoms. The van der Waals surface area contributed by atoms with Crippen LogP contribution in [0.4, 0.5) is 5.69 Å². The molecule has 3 N–H and O–H groups in total. The van der Waals surface area contributed by atoms with Crippen LogP contribution in [-0.4, -0.2) is 44.2 Å². The second kappa shape index (κ2) is 7.04. The summed E-state index contributed by atoms with van der Waals surface area (Å²) < 4.78 is 0. The molecule has 0 spiro atoms. The molecule has 0 amide bonds. The summed E-state index contributed by atoms with van der Waals surface area (Å²) in [6.45, 7) is 6.54. The monoisotopic (exact) mass is 285 g/mol. The van der Waals surface area contributed by atoms with E-state index in [0.29, 0.717) is 0 Å². The molecule has 1 fully saturated rings. The standard InChI is InChI=1S/C16H23N5/c1-2-4-16(5-3-1)21-12-10-20(11-13-21)9-8-17-15-6-7-18-19-14-15/h1-7,14,17-19H,8-13H2. The third-order valence-corrected chi connectivity index (χ3v) is 3.91. The summed E-state index contributed by atoms with van der Waals surface area (Å²) in [6.07, 6.45) is 5.86. The summed E-state index contributed by atoms with van der Waals surface area (Å²) in [4.78, 5) is 4.98. The minimum absolute atomic E-state index is 0.975. The quantitative estimate of drug-likeness (QED) is 0.749. The fraction of sp³-hybridized carbons (Fsp3) is 0.375. The highest BCUT2D eigenvalue weighted by molar-refractivity contribution is 5.46. The maximum atomic E-state index is 3.43. The van der Waals surface area contributed by atoms with Gasteiger partial charge in [-0.25, -0.2) is 0 Å². The SMILES string of the molecule is C1=CC(NCCN2CCN(c3ccccc3)CC2)=CNN1. The van der Waals surface area contributed by atoms with Gasteiger partial charge < -0.3 is 21.1 Å². The maximum absolute atomic E-state index is 3.43. The lowest BCUT2D eigenvalue weighted by Gasteiger charge is -2.36. The molecule has 0 radical (unpaired) electrons. The van der Waals surface area contributed by atoms with Crippen LogP contribution in [-0.2, 0) is 0 Å². The van der Waals surface area contributed by atoms with Crippen LogP contribution in [0, 0.1) is 0 Å². The first-order valence-corrected chi connectivity index (χ1v) is 7.56. The van der Waals surface area contributed by atoms with Gasteiger partial charge in [-0.15, -0.1) is 0 Å². The number of allylic oxidation sites excluding steroid dienone is 1. The molecule has 0 unspecified atom stereocenters. The molecule has 2 heterocycles. The van der Waals surface area contributed by atoms with Crippen LogP contribution in [0.5, 0.6) is 0 Å². The van der Waals surface area contributed by atoms with Gasteiger partial charge in [-0.2, -0.15) is 0 Å². The van der Waals surface area contributed by atoms with Gasteiger partial charge in [0.25, 0.3) is 0 Å². The van der Waals surface area contributed by atoms with Gasteiger partial charge in [0, 0.05) is 57.4 Å². The highest BCUT2D eigenvalue weighted by Crippen LogP contribution is 2.15. The average molecular weight is 285 g/mol. The highest BCUT2D eigenvalue weighted by atomic mass is 15.3. The molecule has 2 aliphatic rings. The van der Waals surface area contributed by atoms with Gasteiger partial charge in [-0.3, -0.25) is 4.90 Å². The minimum atomic E-state index is 0.975. The highest BCUT2D eigenvalue weighted by Gasteiger charge is 2.16. The van der Waals surface area contributed by atoms with Crippen molar-refractivity contribution in [2.45, 2.75) is 0 Å². The molecule has 0 atom stereocenters. The Labute approximate surface area is 126 Å². The number of nitrogens with one attached hydrogen (secondary N) is 3. The molecule has 1 aromatic rings. The van der Waals surface area contributed by atoms with E-state index >= 15 is 0 Å². The molecule has 1 aromatic carbocycles. The number of nitrogens with zero attached hydrogens (tertiary/aromatic N) is 2. The molecule has 1 saturated heterocycles. The van der Waals surface area contributed by atoms with Crippen molar-refractivity contribution >= 4 is 5.69 Å². The Hall–Kier alpha value is -2.14. The Morgan fingerprint density at radius 2 is 1.81 bits per heavy atom. The van der Waals surface area contributed by atoms with Crippen molar-refractivity contribution in [3.63, 3.8) is 0 Å². The van der Waals surface area contributed by atoms with E-state index in [0.717, 1.165) is 45.0 Å². The number of anilines is 1. The molecule has 5 nitrogen and oxygen atoms in total. The Balaban J connectivity index is 1.38. The molecule has 3 rings (SSSR count). The first kappa shape index (κ1) is 13.8. The predicted molar refractivity (Wildman–Crippen MR) is 86.6 cm³/mol. The molecule has 0 aliphatic carbocycles. The summed E-state index contributed by atoms with van der Waals surface area (Å²) in [5, 5.41) is 3.43. The summed E-state index contributed by atoms with van der Waals surface area (Å²) >= 11 is 0. The van der Waals surface area contributed by atoms with Crippen molar-refractivity contribution in [3.8, 4) is 0 Å². The van der Waals surface area contributed by atoms with E-state index in [1.54, 1.807) is 0 Å². The van der Waals surface area contributed by atoms with E-state index in [-0.39, 0.29) is 0 Å². The van der Waals surface area contributed by atoms with E-state index in [9.17, 15) is 0 Å². The average Bonchev–Trinajstić information content (AvgIpc) is 2.57. The Kier molecular flexibility index (Phi) is 4.63. The minimum Gasteiger partial charge on any atom is -0.382 e. The van der Waals surface area contributed by atoms with E-state index in [1.165, 1.54) is 5.69 Å². The van der Waals surface area contributed by atoms with Gasteiger partial charge in [0.2, 0.25) is 0 Å². The van der Waals surface area contributed by atoms with Crippen molar-refractivity contribution in [1.29, 1.82) is 0 Å². The van der Waals surface area contributed by atoms with Gasteiger partial charge in [-0.05, 0) is 18.2 Å². The number of piperazine rings is 1. The van der Waals surface area contributed by atoms with Crippen molar-refractivity contribution in [2.24, 2.45) is 0 Å². The Morgan fingerprint density at radius 3 is 2.52 bits per heavy atom. The molecule has 112 valence electrons. The van der Waals surface area contributed by atoms with E-state index < -0.39 is 0 Å². The lowest BCUT2D eigenvalue weighted by Crippen LogP contribution is -2.48. The predicted octanol–water partition coefficient (Wildman–Crippen LogP) is 0.861. The van der Waals surface area contributed by atoms with Crippen molar-refractivity contribution < 1.29 is 0 Å². The largest absolute Gasteiger partial charge is 0.382 e. The van der Waals surface area contributed by atoms with Crippen LogP contribution in [0.25, 0.3) is 0 Å². The van der Waals surface area contributed by atoms with E-state index in [1.807, 2.05) is 18.5 Å². The molecule has 5 heteroatoms. The summed E-state index contributed by atoms with van der Waals surface area (Å²) in [5.74, 6) is 0. The molecule has 2 aliphatic heterocycles. The van der Waals surface area contributed by atoms with Gasteiger partial charge in [0.05, 0.1) is 5.70 Å². The second-order valence-electron chi connectivity index (χ2n) is 5.31. The number of hydrazine groups is 1.